The summed E-state index contributed by atoms with van der Waals surface area (Å²) < 4.78 is 5.31. The van der Waals surface area contributed by atoms with E-state index in [9.17, 15) is 0 Å². The van der Waals surface area contributed by atoms with Crippen molar-refractivity contribution in [1.82, 2.24) is 15.0 Å². The molecule has 3 aromatic heterocycles. The maximum absolute atomic E-state index is 5.31. The molecular formula is C17H13N3O. The van der Waals surface area contributed by atoms with E-state index in [0.29, 0.717) is 0 Å². The highest BCUT2D eigenvalue weighted by molar-refractivity contribution is 6.11. The number of fused-ring (bicyclic) bond motifs is 3. The van der Waals surface area contributed by atoms with Crippen LogP contribution in [0.3, 0.4) is 0 Å². The van der Waals surface area contributed by atoms with Crippen molar-refractivity contribution in [2.75, 3.05) is 7.11 Å². The monoisotopic (exact) mass is 275 g/mol. The molecular weight excluding hydrogens is 262 g/mol. The van der Waals surface area contributed by atoms with Crippen LogP contribution in [0.5, 0.6) is 5.75 Å². The van der Waals surface area contributed by atoms with Gasteiger partial charge in [0.05, 0.1) is 18.3 Å². The van der Waals surface area contributed by atoms with Crippen molar-refractivity contribution in [3.63, 3.8) is 0 Å². The molecule has 1 N–H and O–H groups in total. The van der Waals surface area contributed by atoms with Gasteiger partial charge < -0.3 is 9.72 Å². The van der Waals surface area contributed by atoms with Gasteiger partial charge in [-0.15, -0.1) is 0 Å². The van der Waals surface area contributed by atoms with Gasteiger partial charge in [0.2, 0.25) is 0 Å². The van der Waals surface area contributed by atoms with E-state index >= 15 is 0 Å². The zero-order valence-corrected chi connectivity index (χ0v) is 11.5. The highest BCUT2D eigenvalue weighted by atomic mass is 16.5. The molecule has 0 aliphatic rings. The fraction of sp³-hybridized carbons (Fsp3) is 0.0588. The van der Waals surface area contributed by atoms with Crippen LogP contribution in [0.25, 0.3) is 33.2 Å². The minimum Gasteiger partial charge on any atom is -0.497 e. The molecule has 0 atom stereocenters. The molecule has 0 radical (unpaired) electrons. The largest absolute Gasteiger partial charge is 0.497 e. The van der Waals surface area contributed by atoms with Crippen LogP contribution in [-0.4, -0.2) is 22.1 Å². The van der Waals surface area contributed by atoms with E-state index in [1.165, 1.54) is 0 Å². The Hall–Kier alpha value is -2.88. The lowest BCUT2D eigenvalue weighted by Gasteiger charge is -2.01. The Labute approximate surface area is 121 Å². The number of nitrogens with zero attached hydrogens (tertiary/aromatic N) is 2. The Morgan fingerprint density at radius 3 is 2.71 bits per heavy atom. The molecule has 4 rings (SSSR count). The molecule has 21 heavy (non-hydrogen) atoms. The van der Waals surface area contributed by atoms with E-state index < -0.39 is 0 Å². The first-order valence-electron chi connectivity index (χ1n) is 6.72. The van der Waals surface area contributed by atoms with Crippen LogP contribution in [0.15, 0.2) is 54.9 Å². The summed E-state index contributed by atoms with van der Waals surface area (Å²) in [4.78, 5) is 12.3. The molecule has 0 spiro atoms. The molecule has 4 heteroatoms. The molecule has 4 nitrogen and oxygen atoms in total. The van der Waals surface area contributed by atoms with Gasteiger partial charge in [-0.2, -0.15) is 0 Å². The SMILES string of the molecule is COc1ccc2[nH]c3c(-c4ccccn4)nccc3c2c1. The van der Waals surface area contributed by atoms with Crippen molar-refractivity contribution >= 4 is 21.8 Å². The molecule has 0 fully saturated rings. The number of methoxy groups -OCH3 is 1. The average molecular weight is 275 g/mol. The van der Waals surface area contributed by atoms with Crippen LogP contribution in [0.2, 0.25) is 0 Å². The zero-order chi connectivity index (χ0) is 14.2. The van der Waals surface area contributed by atoms with Gasteiger partial charge in [0.25, 0.3) is 0 Å². The van der Waals surface area contributed by atoms with E-state index in [1.807, 2.05) is 48.7 Å². The minimum absolute atomic E-state index is 0.847. The summed E-state index contributed by atoms with van der Waals surface area (Å²) in [7, 11) is 1.68. The lowest BCUT2D eigenvalue weighted by atomic mass is 10.1. The van der Waals surface area contributed by atoms with Gasteiger partial charge in [-0.25, -0.2) is 0 Å². The predicted octanol–water partition coefficient (Wildman–Crippen LogP) is 3.79. The number of aromatic nitrogens is 3. The third-order valence-electron chi connectivity index (χ3n) is 3.64. The zero-order valence-electron chi connectivity index (χ0n) is 11.5. The summed E-state index contributed by atoms with van der Waals surface area (Å²) in [5, 5.41) is 2.25. The number of H-pyrrole nitrogens is 1. The van der Waals surface area contributed by atoms with Crippen molar-refractivity contribution in [2.24, 2.45) is 0 Å². The summed E-state index contributed by atoms with van der Waals surface area (Å²) in [6, 6.07) is 13.9. The van der Waals surface area contributed by atoms with Gasteiger partial charge in [0, 0.05) is 28.7 Å². The second-order valence-electron chi connectivity index (χ2n) is 4.83. The van der Waals surface area contributed by atoms with E-state index in [4.69, 9.17) is 4.74 Å². The number of nitrogens with one attached hydrogen (secondary N) is 1. The maximum Gasteiger partial charge on any atom is 0.119 e. The van der Waals surface area contributed by atoms with Crippen molar-refractivity contribution in [2.45, 2.75) is 0 Å². The van der Waals surface area contributed by atoms with Gasteiger partial charge in [0.1, 0.15) is 11.4 Å². The Morgan fingerprint density at radius 1 is 0.952 bits per heavy atom. The van der Waals surface area contributed by atoms with E-state index in [0.717, 1.165) is 38.9 Å². The van der Waals surface area contributed by atoms with Gasteiger partial charge in [-0.1, -0.05) is 6.07 Å². The lowest BCUT2D eigenvalue weighted by molar-refractivity contribution is 0.415. The van der Waals surface area contributed by atoms with Crippen LogP contribution in [0.1, 0.15) is 0 Å². The molecule has 0 saturated carbocycles. The normalized spacial score (nSPS) is 11.1. The van der Waals surface area contributed by atoms with Crippen LogP contribution < -0.4 is 4.74 Å². The van der Waals surface area contributed by atoms with Gasteiger partial charge in [-0.05, 0) is 36.4 Å². The van der Waals surface area contributed by atoms with Crippen LogP contribution in [0, 0.1) is 0 Å². The van der Waals surface area contributed by atoms with Crippen molar-refractivity contribution in [3.05, 3.63) is 54.9 Å². The number of pyridine rings is 2. The molecule has 3 heterocycles. The van der Waals surface area contributed by atoms with Crippen molar-refractivity contribution < 1.29 is 4.74 Å². The Balaban J connectivity index is 2.06. The number of rotatable bonds is 2. The molecule has 0 saturated heterocycles. The molecule has 0 bridgehead atoms. The van der Waals surface area contributed by atoms with Gasteiger partial charge in [-0.3, -0.25) is 9.97 Å². The predicted molar refractivity (Wildman–Crippen MR) is 83.4 cm³/mol. The third kappa shape index (κ3) is 1.84. The highest BCUT2D eigenvalue weighted by Gasteiger charge is 2.11. The van der Waals surface area contributed by atoms with Crippen LogP contribution in [-0.2, 0) is 0 Å². The Morgan fingerprint density at radius 2 is 1.90 bits per heavy atom. The molecule has 0 aliphatic carbocycles. The Kier molecular flexibility index (Phi) is 2.60. The van der Waals surface area contributed by atoms with Crippen molar-refractivity contribution in [1.29, 1.82) is 0 Å². The first kappa shape index (κ1) is 11.9. The second-order valence-corrected chi connectivity index (χ2v) is 4.83. The first-order valence-corrected chi connectivity index (χ1v) is 6.72. The molecule has 1 aromatic carbocycles. The van der Waals surface area contributed by atoms with Crippen LogP contribution in [0.4, 0.5) is 0 Å². The summed E-state index contributed by atoms with van der Waals surface area (Å²) >= 11 is 0. The third-order valence-corrected chi connectivity index (χ3v) is 3.64. The van der Waals surface area contributed by atoms with E-state index in [-0.39, 0.29) is 0 Å². The average Bonchev–Trinajstić information content (AvgIpc) is 2.93. The number of hydrogen-bond donors (Lipinski definition) is 1. The Bertz CT molecular complexity index is 929. The molecule has 0 unspecified atom stereocenters. The summed E-state index contributed by atoms with van der Waals surface area (Å²) in [6.07, 6.45) is 3.60. The summed E-state index contributed by atoms with van der Waals surface area (Å²) in [6.45, 7) is 0. The van der Waals surface area contributed by atoms with E-state index in [1.54, 1.807) is 13.3 Å². The van der Waals surface area contributed by atoms with E-state index in [2.05, 4.69) is 15.0 Å². The number of ether oxygens (including phenoxy) is 1. The second kappa shape index (κ2) is 4.59. The first-order chi connectivity index (χ1) is 10.4. The summed E-state index contributed by atoms with van der Waals surface area (Å²) in [5.41, 5.74) is 3.79. The lowest BCUT2D eigenvalue weighted by Crippen LogP contribution is -1.87. The quantitative estimate of drug-likeness (QED) is 0.605. The minimum atomic E-state index is 0.847. The number of hydrogen-bond acceptors (Lipinski definition) is 3. The topological polar surface area (TPSA) is 50.8 Å². The fourth-order valence-corrected chi connectivity index (χ4v) is 2.63. The van der Waals surface area contributed by atoms with Gasteiger partial charge >= 0.3 is 0 Å². The molecule has 4 aromatic rings. The van der Waals surface area contributed by atoms with Gasteiger partial charge in [0.15, 0.2) is 0 Å². The number of aromatic amines is 1. The van der Waals surface area contributed by atoms with Crippen LogP contribution >= 0.6 is 0 Å². The maximum atomic E-state index is 5.31. The summed E-state index contributed by atoms with van der Waals surface area (Å²) in [5.74, 6) is 0.847. The molecule has 0 amide bonds. The fourth-order valence-electron chi connectivity index (χ4n) is 2.63. The van der Waals surface area contributed by atoms with Crippen molar-refractivity contribution in [3.8, 4) is 17.1 Å². The highest BCUT2D eigenvalue weighted by Crippen LogP contribution is 2.32. The molecule has 0 aliphatic heterocycles. The number of benzene rings is 1. The molecule has 102 valence electrons. The smallest absolute Gasteiger partial charge is 0.119 e. The standard InChI is InChI=1S/C17H13N3O/c1-21-11-5-6-14-13(10-11)12-7-9-19-17(16(12)20-14)15-4-2-3-8-18-15/h2-10,20H,1H3.